The van der Waals surface area contributed by atoms with Gasteiger partial charge in [0.1, 0.15) is 5.75 Å². The number of carbonyl (C=O) groups is 1. The van der Waals surface area contributed by atoms with Crippen LogP contribution in [0.25, 0.3) is 0 Å². The van der Waals surface area contributed by atoms with Crippen LogP contribution >= 0.6 is 0 Å². The highest BCUT2D eigenvalue weighted by Crippen LogP contribution is 2.27. The van der Waals surface area contributed by atoms with Crippen molar-refractivity contribution in [3.05, 3.63) is 53.6 Å². The maximum absolute atomic E-state index is 12.4. The van der Waals surface area contributed by atoms with Crippen LogP contribution in [0.1, 0.15) is 24.5 Å². The number of hydrogen-bond acceptors (Lipinski definition) is 4. The number of halogens is 3. The lowest BCUT2D eigenvalue weighted by atomic mass is 10.1. The van der Waals surface area contributed by atoms with Gasteiger partial charge in [0.05, 0.1) is 4.90 Å². The summed E-state index contributed by atoms with van der Waals surface area (Å²) in [6.07, 6.45) is -4.51. The number of alkyl halides is 3. The van der Waals surface area contributed by atoms with Gasteiger partial charge in [0, 0.05) is 12.1 Å². The molecule has 0 aliphatic carbocycles. The molecule has 152 valence electrons. The Morgan fingerprint density at radius 1 is 1.14 bits per heavy atom. The third-order valence-electron chi connectivity index (χ3n) is 3.86. The molecule has 1 amide bonds. The summed E-state index contributed by atoms with van der Waals surface area (Å²) in [5.41, 5.74) is 0.964. The number of ether oxygens (including phenoxy) is 1. The molecule has 0 bridgehead atoms. The Labute approximate surface area is 160 Å². The van der Waals surface area contributed by atoms with Crippen LogP contribution in [0.5, 0.6) is 5.75 Å². The van der Waals surface area contributed by atoms with Crippen LogP contribution in [0, 0.1) is 0 Å². The number of sulfonamides is 1. The van der Waals surface area contributed by atoms with E-state index in [9.17, 15) is 26.4 Å². The average molecular weight is 416 g/mol. The quantitative estimate of drug-likeness (QED) is 0.723. The van der Waals surface area contributed by atoms with E-state index in [-0.39, 0.29) is 34.7 Å². The second-order valence-electron chi connectivity index (χ2n) is 5.92. The summed E-state index contributed by atoms with van der Waals surface area (Å²) >= 11 is 0. The van der Waals surface area contributed by atoms with E-state index in [1.54, 1.807) is 19.1 Å². The Morgan fingerprint density at radius 3 is 2.43 bits per heavy atom. The van der Waals surface area contributed by atoms with Gasteiger partial charge in [0.25, 0.3) is 0 Å². The number of rotatable bonds is 7. The maximum atomic E-state index is 12.4. The molecule has 3 N–H and O–H groups in total. The summed E-state index contributed by atoms with van der Waals surface area (Å²) in [5, 5.41) is 7.71. The van der Waals surface area contributed by atoms with Crippen molar-refractivity contribution in [2.75, 3.05) is 5.32 Å². The summed E-state index contributed by atoms with van der Waals surface area (Å²) in [7, 11) is -3.96. The Kier molecular flexibility index (Phi) is 6.68. The molecule has 0 spiro atoms. The molecule has 0 radical (unpaired) electrons. The van der Waals surface area contributed by atoms with E-state index >= 15 is 0 Å². The van der Waals surface area contributed by atoms with Crippen LogP contribution < -0.4 is 15.2 Å². The number of para-hydroxylation sites is 1. The van der Waals surface area contributed by atoms with E-state index in [4.69, 9.17) is 5.14 Å². The summed E-state index contributed by atoms with van der Waals surface area (Å²) in [4.78, 5) is 12.1. The zero-order chi connectivity index (χ0) is 20.9. The molecule has 2 aromatic rings. The highest BCUT2D eigenvalue weighted by atomic mass is 32.2. The number of nitrogens with one attached hydrogen (secondary N) is 1. The molecule has 0 saturated carbocycles. The lowest BCUT2D eigenvalue weighted by Crippen LogP contribution is -2.19. The Balaban J connectivity index is 2.08. The first-order chi connectivity index (χ1) is 13.0. The smallest absolute Gasteiger partial charge is 0.406 e. The fourth-order valence-corrected chi connectivity index (χ4v) is 3.46. The number of aryl methyl sites for hydroxylation is 2. The third-order valence-corrected chi connectivity index (χ3v) is 4.85. The molecule has 0 atom stereocenters. The maximum Gasteiger partial charge on any atom is 0.573 e. The highest BCUT2D eigenvalue weighted by molar-refractivity contribution is 7.89. The van der Waals surface area contributed by atoms with Gasteiger partial charge in [-0.3, -0.25) is 4.79 Å². The van der Waals surface area contributed by atoms with Crippen LogP contribution in [-0.2, 0) is 27.7 Å². The second kappa shape index (κ2) is 8.61. The van der Waals surface area contributed by atoms with Crippen LogP contribution in [0.4, 0.5) is 18.9 Å². The summed E-state index contributed by atoms with van der Waals surface area (Å²) in [5.74, 6) is -0.863. The molecule has 2 aromatic carbocycles. The Bertz CT molecular complexity index is 960. The van der Waals surface area contributed by atoms with Crippen LogP contribution in [-0.4, -0.2) is 20.7 Å². The standard InChI is InChI=1S/C18H19F3N2O4S/c1-2-12-7-9-14(11-16(12)28(22,25)26)23-17(24)10-8-13-5-3-4-6-15(13)27-18(19,20)21/h3-7,9,11H,2,8,10H2,1H3,(H,23,24)(H2,22,25,26). The molecule has 0 saturated heterocycles. The van der Waals surface area contributed by atoms with Crippen LogP contribution in [0.2, 0.25) is 0 Å². The van der Waals surface area contributed by atoms with Gasteiger partial charge >= 0.3 is 6.36 Å². The van der Waals surface area contributed by atoms with E-state index in [1.807, 2.05) is 0 Å². The van der Waals surface area contributed by atoms with E-state index in [0.717, 1.165) is 0 Å². The minimum atomic E-state index is -4.83. The molecule has 28 heavy (non-hydrogen) atoms. The molecular formula is C18H19F3N2O4S. The largest absolute Gasteiger partial charge is 0.573 e. The minimum absolute atomic E-state index is 0.00712. The summed E-state index contributed by atoms with van der Waals surface area (Å²) in [6.45, 7) is 1.77. The topological polar surface area (TPSA) is 98.5 Å². The number of anilines is 1. The fourth-order valence-electron chi connectivity index (χ4n) is 2.60. The lowest BCUT2D eigenvalue weighted by molar-refractivity contribution is -0.274. The van der Waals surface area contributed by atoms with Gasteiger partial charge in [-0.25, -0.2) is 13.6 Å². The SMILES string of the molecule is CCc1ccc(NC(=O)CCc2ccccc2OC(F)(F)F)cc1S(N)(=O)=O. The molecule has 0 aromatic heterocycles. The van der Waals surface area contributed by atoms with E-state index in [1.165, 1.54) is 30.3 Å². The van der Waals surface area contributed by atoms with Crippen molar-refractivity contribution < 1.29 is 31.1 Å². The third kappa shape index (κ3) is 6.24. The first-order valence-electron chi connectivity index (χ1n) is 8.29. The molecular weight excluding hydrogens is 397 g/mol. The zero-order valence-electron chi connectivity index (χ0n) is 14.9. The predicted octanol–water partition coefficient (Wildman–Crippen LogP) is 3.37. The average Bonchev–Trinajstić information content (AvgIpc) is 2.59. The first-order valence-corrected chi connectivity index (χ1v) is 9.83. The zero-order valence-corrected chi connectivity index (χ0v) is 15.7. The number of hydrogen-bond donors (Lipinski definition) is 2. The van der Waals surface area contributed by atoms with Gasteiger partial charge in [-0.2, -0.15) is 0 Å². The number of amides is 1. The van der Waals surface area contributed by atoms with Crippen molar-refractivity contribution in [3.8, 4) is 5.75 Å². The Hall–Kier alpha value is -2.59. The van der Waals surface area contributed by atoms with Crippen molar-refractivity contribution in [1.82, 2.24) is 0 Å². The van der Waals surface area contributed by atoms with Crippen molar-refractivity contribution in [2.24, 2.45) is 5.14 Å². The van der Waals surface area contributed by atoms with Gasteiger partial charge in [-0.05, 0) is 42.2 Å². The lowest BCUT2D eigenvalue weighted by Gasteiger charge is -2.13. The highest BCUT2D eigenvalue weighted by Gasteiger charge is 2.32. The summed E-state index contributed by atoms with van der Waals surface area (Å²) in [6, 6.07) is 9.87. The van der Waals surface area contributed by atoms with Gasteiger partial charge in [-0.1, -0.05) is 31.2 Å². The number of nitrogens with two attached hydrogens (primary N) is 1. The molecule has 0 heterocycles. The second-order valence-corrected chi connectivity index (χ2v) is 7.45. The van der Waals surface area contributed by atoms with Gasteiger partial charge in [0.15, 0.2) is 0 Å². The fraction of sp³-hybridized carbons (Fsp3) is 0.278. The van der Waals surface area contributed by atoms with Gasteiger partial charge < -0.3 is 10.1 Å². The monoisotopic (exact) mass is 416 g/mol. The summed E-state index contributed by atoms with van der Waals surface area (Å²) < 4.78 is 64.6. The van der Waals surface area contributed by atoms with E-state index in [0.29, 0.717) is 12.0 Å². The molecule has 0 fully saturated rings. The number of carbonyl (C=O) groups excluding carboxylic acids is 1. The van der Waals surface area contributed by atoms with Crippen molar-refractivity contribution in [2.45, 2.75) is 37.4 Å². The molecule has 0 unspecified atom stereocenters. The predicted molar refractivity (Wildman–Crippen MR) is 97.3 cm³/mol. The van der Waals surface area contributed by atoms with Crippen molar-refractivity contribution in [3.63, 3.8) is 0 Å². The number of benzene rings is 2. The van der Waals surface area contributed by atoms with E-state index in [2.05, 4.69) is 10.1 Å². The van der Waals surface area contributed by atoms with Crippen molar-refractivity contribution >= 4 is 21.6 Å². The van der Waals surface area contributed by atoms with Gasteiger partial charge in [0.2, 0.25) is 15.9 Å². The van der Waals surface area contributed by atoms with Crippen LogP contribution in [0.3, 0.4) is 0 Å². The molecule has 2 rings (SSSR count). The first kappa shape index (κ1) is 21.7. The minimum Gasteiger partial charge on any atom is -0.406 e. The molecule has 10 heteroatoms. The Morgan fingerprint density at radius 2 is 1.82 bits per heavy atom. The van der Waals surface area contributed by atoms with Crippen molar-refractivity contribution in [1.29, 1.82) is 0 Å². The van der Waals surface area contributed by atoms with Crippen LogP contribution in [0.15, 0.2) is 47.4 Å². The van der Waals surface area contributed by atoms with Gasteiger partial charge in [-0.15, -0.1) is 13.2 Å². The normalized spacial score (nSPS) is 11.9. The van der Waals surface area contributed by atoms with E-state index < -0.39 is 22.3 Å². The molecule has 0 aliphatic rings. The molecule has 0 aliphatic heterocycles. The number of primary sulfonamides is 1. The molecule has 6 nitrogen and oxygen atoms in total.